The number of amides is 2. The Labute approximate surface area is 169 Å². The number of hydrogen-bond donors (Lipinski definition) is 2. The molecule has 0 aliphatic carbocycles. The Kier molecular flexibility index (Phi) is 6.31. The maximum atomic E-state index is 12.3. The Morgan fingerprint density at radius 3 is 2.52 bits per heavy atom. The number of rotatable bonds is 6. The molecule has 1 heterocycles. The van der Waals surface area contributed by atoms with Crippen LogP contribution in [0.1, 0.15) is 37.7 Å². The lowest BCUT2D eigenvalue weighted by molar-refractivity contribution is 0.0950. The lowest BCUT2D eigenvalue weighted by Crippen LogP contribution is -2.22. The van der Waals surface area contributed by atoms with Crippen LogP contribution >= 0.6 is 27.3 Å². The van der Waals surface area contributed by atoms with Gasteiger partial charge in [0.15, 0.2) is 0 Å². The van der Waals surface area contributed by atoms with E-state index in [-0.39, 0.29) is 11.8 Å². The van der Waals surface area contributed by atoms with Crippen LogP contribution in [0.5, 0.6) is 0 Å². The zero-order valence-corrected chi connectivity index (χ0v) is 16.9. The van der Waals surface area contributed by atoms with Crippen molar-refractivity contribution in [2.45, 2.75) is 19.9 Å². The highest BCUT2D eigenvalue weighted by Gasteiger charge is 2.13. The van der Waals surface area contributed by atoms with E-state index in [4.69, 9.17) is 0 Å². The molecular formula is C19H17BrN4O2S. The molecule has 0 saturated carbocycles. The maximum absolute atomic E-state index is 12.3. The quantitative estimate of drug-likeness (QED) is 0.600. The molecule has 0 fully saturated rings. The van der Waals surface area contributed by atoms with E-state index < -0.39 is 0 Å². The molecular weight excluding hydrogens is 428 g/mol. The van der Waals surface area contributed by atoms with Gasteiger partial charge >= 0.3 is 0 Å². The smallest absolute Gasteiger partial charge is 0.286 e. The lowest BCUT2D eigenvalue weighted by Gasteiger charge is -2.07. The van der Waals surface area contributed by atoms with Gasteiger partial charge in [0.05, 0.1) is 0 Å². The van der Waals surface area contributed by atoms with Crippen molar-refractivity contribution >= 4 is 44.8 Å². The van der Waals surface area contributed by atoms with Gasteiger partial charge in [-0.2, -0.15) is 0 Å². The minimum absolute atomic E-state index is 0.176. The average molecular weight is 445 g/mol. The van der Waals surface area contributed by atoms with Crippen LogP contribution in [0.15, 0.2) is 53.0 Å². The van der Waals surface area contributed by atoms with E-state index in [1.54, 1.807) is 24.3 Å². The summed E-state index contributed by atoms with van der Waals surface area (Å²) in [5.74, 6) is -0.483. The highest BCUT2D eigenvalue weighted by molar-refractivity contribution is 9.10. The van der Waals surface area contributed by atoms with Crippen LogP contribution in [0.4, 0.5) is 5.69 Å². The summed E-state index contributed by atoms with van der Waals surface area (Å²) in [6.45, 7) is 2.40. The van der Waals surface area contributed by atoms with Gasteiger partial charge < -0.3 is 10.6 Å². The summed E-state index contributed by atoms with van der Waals surface area (Å²) < 4.78 is 0.968. The van der Waals surface area contributed by atoms with Crippen molar-refractivity contribution in [1.29, 1.82) is 0 Å². The van der Waals surface area contributed by atoms with Gasteiger partial charge in [0.2, 0.25) is 5.01 Å². The first-order chi connectivity index (χ1) is 13.0. The molecule has 0 bridgehead atoms. The van der Waals surface area contributed by atoms with E-state index in [1.165, 1.54) is 11.3 Å². The van der Waals surface area contributed by atoms with E-state index in [1.807, 2.05) is 31.2 Å². The normalized spacial score (nSPS) is 10.4. The largest absolute Gasteiger partial charge is 0.348 e. The Balaban J connectivity index is 1.57. The number of carbonyl (C=O) groups excluding carboxylic acids is 2. The SMILES string of the molecule is CCc1nnc(C(=O)Nc2ccc(C(=O)NCc3cccc(Br)c3)cc2)s1. The number of aryl methyl sites for hydroxylation is 1. The first-order valence-electron chi connectivity index (χ1n) is 8.31. The summed E-state index contributed by atoms with van der Waals surface area (Å²) in [6, 6.07) is 14.5. The summed E-state index contributed by atoms with van der Waals surface area (Å²) in [5.41, 5.74) is 2.12. The molecule has 138 valence electrons. The number of aromatic nitrogens is 2. The Bertz CT molecular complexity index is 956. The zero-order valence-electron chi connectivity index (χ0n) is 14.5. The van der Waals surface area contributed by atoms with Crippen LogP contribution in [0, 0.1) is 0 Å². The van der Waals surface area contributed by atoms with Crippen LogP contribution in [0.2, 0.25) is 0 Å². The second kappa shape index (κ2) is 8.88. The van der Waals surface area contributed by atoms with Gasteiger partial charge in [-0.05, 0) is 48.4 Å². The molecule has 8 heteroatoms. The van der Waals surface area contributed by atoms with Crippen molar-refractivity contribution in [2.24, 2.45) is 0 Å². The summed E-state index contributed by atoms with van der Waals surface area (Å²) in [5, 5.41) is 14.6. The van der Waals surface area contributed by atoms with Crippen molar-refractivity contribution in [1.82, 2.24) is 15.5 Å². The van der Waals surface area contributed by atoms with Crippen LogP contribution in [0.25, 0.3) is 0 Å². The fourth-order valence-electron chi connectivity index (χ4n) is 2.31. The first kappa shape index (κ1) is 19.2. The third-order valence-corrected chi connectivity index (χ3v) is 5.27. The van der Waals surface area contributed by atoms with Gasteiger partial charge in [-0.25, -0.2) is 0 Å². The number of anilines is 1. The summed E-state index contributed by atoms with van der Waals surface area (Å²) in [4.78, 5) is 24.4. The van der Waals surface area contributed by atoms with Gasteiger partial charge in [-0.15, -0.1) is 10.2 Å². The fraction of sp³-hybridized carbons (Fsp3) is 0.158. The predicted molar refractivity (Wildman–Crippen MR) is 109 cm³/mol. The fourth-order valence-corrected chi connectivity index (χ4v) is 3.43. The van der Waals surface area contributed by atoms with Crippen LogP contribution in [-0.2, 0) is 13.0 Å². The van der Waals surface area contributed by atoms with E-state index in [2.05, 4.69) is 36.8 Å². The lowest BCUT2D eigenvalue weighted by atomic mass is 10.1. The average Bonchev–Trinajstić information content (AvgIpc) is 3.16. The molecule has 1 aromatic heterocycles. The third-order valence-electron chi connectivity index (χ3n) is 3.71. The minimum atomic E-state index is -0.306. The number of nitrogens with zero attached hydrogens (tertiary/aromatic N) is 2. The molecule has 0 aliphatic heterocycles. The van der Waals surface area contributed by atoms with E-state index >= 15 is 0 Å². The molecule has 0 aliphatic rings. The number of halogens is 1. The standard InChI is InChI=1S/C19H17BrN4O2S/c1-2-16-23-24-19(27-16)18(26)22-15-8-6-13(7-9-15)17(25)21-11-12-4-3-5-14(20)10-12/h3-10H,2,11H2,1H3,(H,21,25)(H,22,26). The van der Waals surface area contributed by atoms with Crippen LogP contribution < -0.4 is 10.6 Å². The van der Waals surface area contributed by atoms with Gasteiger partial charge in [0.1, 0.15) is 5.01 Å². The number of benzene rings is 2. The predicted octanol–water partition coefficient (Wildman–Crippen LogP) is 4.05. The number of nitrogens with one attached hydrogen (secondary N) is 2. The Morgan fingerprint density at radius 2 is 1.85 bits per heavy atom. The second-order valence-electron chi connectivity index (χ2n) is 5.70. The molecule has 3 rings (SSSR count). The number of hydrogen-bond acceptors (Lipinski definition) is 5. The molecule has 2 N–H and O–H groups in total. The van der Waals surface area contributed by atoms with Crippen molar-refractivity contribution in [3.05, 3.63) is 74.1 Å². The van der Waals surface area contributed by atoms with Crippen molar-refractivity contribution in [3.8, 4) is 0 Å². The highest BCUT2D eigenvalue weighted by atomic mass is 79.9. The van der Waals surface area contributed by atoms with Crippen molar-refractivity contribution in [2.75, 3.05) is 5.32 Å². The summed E-state index contributed by atoms with van der Waals surface area (Å²) in [6.07, 6.45) is 0.745. The molecule has 0 saturated heterocycles. The molecule has 0 atom stereocenters. The third kappa shape index (κ3) is 5.21. The Hall–Kier alpha value is -2.58. The van der Waals surface area contributed by atoms with Crippen LogP contribution in [0.3, 0.4) is 0 Å². The highest BCUT2D eigenvalue weighted by Crippen LogP contribution is 2.15. The molecule has 0 radical (unpaired) electrons. The van der Waals surface area contributed by atoms with Crippen LogP contribution in [-0.4, -0.2) is 22.0 Å². The maximum Gasteiger partial charge on any atom is 0.286 e. The second-order valence-corrected chi connectivity index (χ2v) is 7.68. The van der Waals surface area contributed by atoms with E-state index in [0.29, 0.717) is 22.8 Å². The van der Waals surface area contributed by atoms with E-state index in [9.17, 15) is 9.59 Å². The topological polar surface area (TPSA) is 84.0 Å². The van der Waals surface area contributed by atoms with Crippen molar-refractivity contribution < 1.29 is 9.59 Å². The zero-order chi connectivity index (χ0) is 19.2. The Morgan fingerprint density at radius 1 is 1.07 bits per heavy atom. The molecule has 0 spiro atoms. The molecule has 0 unspecified atom stereocenters. The molecule has 6 nitrogen and oxygen atoms in total. The van der Waals surface area contributed by atoms with Gasteiger partial charge in [-0.1, -0.05) is 46.3 Å². The van der Waals surface area contributed by atoms with Gasteiger partial charge in [-0.3, -0.25) is 9.59 Å². The van der Waals surface area contributed by atoms with Crippen molar-refractivity contribution in [3.63, 3.8) is 0 Å². The number of carbonyl (C=O) groups is 2. The monoisotopic (exact) mass is 444 g/mol. The molecule has 3 aromatic rings. The van der Waals surface area contributed by atoms with E-state index in [0.717, 1.165) is 21.5 Å². The van der Waals surface area contributed by atoms with Gasteiger partial charge in [0.25, 0.3) is 11.8 Å². The minimum Gasteiger partial charge on any atom is -0.348 e. The molecule has 27 heavy (non-hydrogen) atoms. The molecule has 2 amide bonds. The first-order valence-corrected chi connectivity index (χ1v) is 9.92. The molecule has 2 aromatic carbocycles. The summed E-state index contributed by atoms with van der Waals surface area (Å²) in [7, 11) is 0. The van der Waals surface area contributed by atoms with Gasteiger partial charge in [0, 0.05) is 22.3 Å². The summed E-state index contributed by atoms with van der Waals surface area (Å²) >= 11 is 4.68.